The smallest absolute Gasteiger partial charge is 0.319 e. The molecule has 3 heteroatoms. The first-order valence-corrected chi connectivity index (χ1v) is 6.76. The van der Waals surface area contributed by atoms with E-state index in [1.807, 2.05) is 19.9 Å². The average Bonchev–Trinajstić information content (AvgIpc) is 2.24. The maximum Gasteiger partial charge on any atom is 0.319 e. The van der Waals surface area contributed by atoms with Gasteiger partial charge in [0.2, 0.25) is 0 Å². The van der Waals surface area contributed by atoms with E-state index in [-0.39, 0.29) is 17.5 Å². The molecular formula is C16H26N2O. The molecule has 1 unspecified atom stereocenters. The lowest BCUT2D eigenvalue weighted by Gasteiger charge is -2.28. The summed E-state index contributed by atoms with van der Waals surface area (Å²) in [4.78, 5) is 12.0. The number of hydrogen-bond donors (Lipinski definition) is 2. The number of carbonyl (C=O) groups is 1. The van der Waals surface area contributed by atoms with Crippen LogP contribution in [0.4, 0.5) is 10.5 Å². The lowest BCUT2D eigenvalue weighted by atomic mass is 9.88. The third kappa shape index (κ3) is 4.27. The highest BCUT2D eigenvalue weighted by Crippen LogP contribution is 2.21. The van der Waals surface area contributed by atoms with Gasteiger partial charge in [-0.2, -0.15) is 0 Å². The average molecular weight is 262 g/mol. The molecule has 0 saturated heterocycles. The molecule has 106 valence electrons. The van der Waals surface area contributed by atoms with Crippen LogP contribution in [0.3, 0.4) is 0 Å². The largest absolute Gasteiger partial charge is 0.335 e. The van der Waals surface area contributed by atoms with Gasteiger partial charge >= 0.3 is 6.03 Å². The molecule has 2 N–H and O–H groups in total. The van der Waals surface area contributed by atoms with Crippen molar-refractivity contribution in [3.63, 3.8) is 0 Å². The van der Waals surface area contributed by atoms with Crippen LogP contribution in [0.5, 0.6) is 0 Å². The van der Waals surface area contributed by atoms with Gasteiger partial charge in [-0.1, -0.05) is 26.8 Å². The van der Waals surface area contributed by atoms with Crippen molar-refractivity contribution in [2.24, 2.45) is 5.41 Å². The number of rotatable bonds is 2. The standard InChI is InChI=1S/C16H26N2O/c1-10-8-12(3)14(9-11(10)2)18-15(19)17-13(4)16(5,6)7/h8-9,13H,1-7H3,(H2,17,18,19). The summed E-state index contributed by atoms with van der Waals surface area (Å²) in [5, 5.41) is 5.91. The monoisotopic (exact) mass is 262 g/mol. The van der Waals surface area contributed by atoms with E-state index in [2.05, 4.69) is 51.3 Å². The Bertz CT molecular complexity index is 472. The Morgan fingerprint density at radius 1 is 1.05 bits per heavy atom. The number of nitrogens with one attached hydrogen (secondary N) is 2. The van der Waals surface area contributed by atoms with Crippen LogP contribution in [0.2, 0.25) is 0 Å². The molecule has 0 aromatic heterocycles. The van der Waals surface area contributed by atoms with Crippen molar-refractivity contribution in [2.75, 3.05) is 5.32 Å². The number of anilines is 1. The van der Waals surface area contributed by atoms with Crippen LogP contribution < -0.4 is 10.6 Å². The molecule has 0 spiro atoms. The summed E-state index contributed by atoms with van der Waals surface area (Å²) in [6.45, 7) is 14.5. The Morgan fingerprint density at radius 3 is 2.11 bits per heavy atom. The lowest BCUT2D eigenvalue weighted by Crippen LogP contribution is -2.43. The highest BCUT2D eigenvalue weighted by Gasteiger charge is 2.21. The molecule has 0 heterocycles. The molecule has 0 aliphatic rings. The normalized spacial score (nSPS) is 13.0. The Hall–Kier alpha value is -1.51. The molecule has 1 atom stereocenters. The zero-order valence-corrected chi connectivity index (χ0v) is 13.1. The van der Waals surface area contributed by atoms with Gasteiger partial charge in [0.1, 0.15) is 0 Å². The SMILES string of the molecule is Cc1cc(C)c(NC(=O)NC(C)C(C)(C)C)cc1C. The first-order chi connectivity index (χ1) is 8.61. The molecule has 2 amide bonds. The summed E-state index contributed by atoms with van der Waals surface area (Å²) in [5.74, 6) is 0. The van der Waals surface area contributed by atoms with E-state index in [4.69, 9.17) is 0 Å². The van der Waals surface area contributed by atoms with Gasteiger partial charge in [-0.15, -0.1) is 0 Å². The Morgan fingerprint density at radius 2 is 1.58 bits per heavy atom. The molecule has 0 aliphatic carbocycles. The van der Waals surface area contributed by atoms with Crippen LogP contribution in [-0.4, -0.2) is 12.1 Å². The number of benzene rings is 1. The van der Waals surface area contributed by atoms with Gasteiger partial charge in [0.05, 0.1) is 0 Å². The number of urea groups is 1. The second-order valence-electron chi connectivity index (χ2n) is 6.44. The minimum atomic E-state index is -0.145. The Kier molecular flexibility index (Phi) is 4.61. The van der Waals surface area contributed by atoms with E-state index in [1.165, 1.54) is 11.1 Å². The first-order valence-electron chi connectivity index (χ1n) is 6.76. The molecule has 3 nitrogen and oxygen atoms in total. The van der Waals surface area contributed by atoms with E-state index in [1.54, 1.807) is 0 Å². The molecule has 0 bridgehead atoms. The highest BCUT2D eigenvalue weighted by atomic mass is 16.2. The minimum Gasteiger partial charge on any atom is -0.335 e. The zero-order chi connectivity index (χ0) is 14.8. The van der Waals surface area contributed by atoms with Crippen molar-refractivity contribution < 1.29 is 4.79 Å². The van der Waals surface area contributed by atoms with E-state index >= 15 is 0 Å². The quantitative estimate of drug-likeness (QED) is 0.825. The van der Waals surface area contributed by atoms with Gasteiger partial charge in [-0.3, -0.25) is 0 Å². The molecule has 0 saturated carbocycles. The van der Waals surface area contributed by atoms with Gasteiger partial charge in [-0.25, -0.2) is 4.79 Å². The third-order valence-electron chi connectivity index (χ3n) is 3.74. The van der Waals surface area contributed by atoms with Gasteiger partial charge < -0.3 is 10.6 Å². The van der Waals surface area contributed by atoms with Crippen LogP contribution in [0.1, 0.15) is 44.4 Å². The molecule has 19 heavy (non-hydrogen) atoms. The Balaban J connectivity index is 2.76. The van der Waals surface area contributed by atoms with Crippen molar-refractivity contribution in [2.45, 2.75) is 54.5 Å². The van der Waals surface area contributed by atoms with Gasteiger partial charge in [0.25, 0.3) is 0 Å². The number of aryl methyl sites for hydroxylation is 3. The minimum absolute atomic E-state index is 0.0512. The maximum atomic E-state index is 12.0. The second kappa shape index (κ2) is 5.64. The molecule has 0 aliphatic heterocycles. The van der Waals surface area contributed by atoms with Crippen LogP contribution >= 0.6 is 0 Å². The van der Waals surface area contributed by atoms with Crippen LogP contribution in [0, 0.1) is 26.2 Å². The number of hydrogen-bond acceptors (Lipinski definition) is 1. The fourth-order valence-corrected chi connectivity index (χ4v) is 1.67. The molecule has 1 rings (SSSR count). The van der Waals surface area contributed by atoms with E-state index in [9.17, 15) is 4.79 Å². The predicted octanol–water partition coefficient (Wildman–Crippen LogP) is 4.17. The topological polar surface area (TPSA) is 41.1 Å². The molecule has 0 fully saturated rings. The van der Waals surface area contributed by atoms with Crippen molar-refractivity contribution in [1.29, 1.82) is 0 Å². The summed E-state index contributed by atoms with van der Waals surface area (Å²) in [6, 6.07) is 4.08. The molecular weight excluding hydrogens is 236 g/mol. The summed E-state index contributed by atoms with van der Waals surface area (Å²) >= 11 is 0. The van der Waals surface area contributed by atoms with Crippen molar-refractivity contribution >= 4 is 11.7 Å². The van der Waals surface area contributed by atoms with Gasteiger partial charge in [-0.05, 0) is 55.9 Å². The molecule has 1 aromatic carbocycles. The summed E-state index contributed by atoms with van der Waals surface area (Å²) in [7, 11) is 0. The third-order valence-corrected chi connectivity index (χ3v) is 3.74. The van der Waals surface area contributed by atoms with Gasteiger partial charge in [0, 0.05) is 11.7 Å². The molecule has 1 aromatic rings. The van der Waals surface area contributed by atoms with E-state index in [0.29, 0.717) is 0 Å². The number of carbonyl (C=O) groups excluding carboxylic acids is 1. The maximum absolute atomic E-state index is 12.0. The predicted molar refractivity (Wildman–Crippen MR) is 81.7 cm³/mol. The van der Waals surface area contributed by atoms with Crippen LogP contribution in [-0.2, 0) is 0 Å². The van der Waals surface area contributed by atoms with E-state index < -0.39 is 0 Å². The molecule has 0 radical (unpaired) electrons. The van der Waals surface area contributed by atoms with Crippen LogP contribution in [0.25, 0.3) is 0 Å². The van der Waals surface area contributed by atoms with Crippen molar-refractivity contribution in [3.8, 4) is 0 Å². The lowest BCUT2D eigenvalue weighted by molar-refractivity contribution is 0.233. The van der Waals surface area contributed by atoms with Crippen molar-refractivity contribution in [3.05, 3.63) is 28.8 Å². The second-order valence-corrected chi connectivity index (χ2v) is 6.44. The summed E-state index contributed by atoms with van der Waals surface area (Å²) in [5.41, 5.74) is 4.44. The Labute approximate surface area is 116 Å². The number of amides is 2. The van der Waals surface area contributed by atoms with Crippen molar-refractivity contribution in [1.82, 2.24) is 5.32 Å². The van der Waals surface area contributed by atoms with E-state index in [0.717, 1.165) is 11.3 Å². The fourth-order valence-electron chi connectivity index (χ4n) is 1.67. The fraction of sp³-hybridized carbons (Fsp3) is 0.562. The van der Waals surface area contributed by atoms with Gasteiger partial charge in [0.15, 0.2) is 0 Å². The summed E-state index contributed by atoms with van der Waals surface area (Å²) < 4.78 is 0. The zero-order valence-electron chi connectivity index (χ0n) is 13.1. The highest BCUT2D eigenvalue weighted by molar-refractivity contribution is 5.90. The summed E-state index contributed by atoms with van der Waals surface area (Å²) in [6.07, 6.45) is 0. The van der Waals surface area contributed by atoms with Crippen LogP contribution in [0.15, 0.2) is 12.1 Å². The first kappa shape index (κ1) is 15.5.